The zero-order valence-electron chi connectivity index (χ0n) is 9.29. The summed E-state index contributed by atoms with van der Waals surface area (Å²) in [4.78, 5) is 11.6. The number of halogens is 1. The Kier molecular flexibility index (Phi) is 3.15. The second-order valence-corrected chi connectivity index (χ2v) is 3.88. The standard InChI is InChI=1S/C12H11ClN2O2/c1-3-17-7(2)11-9-5-4-8(13)6-10(9)12(16)15-14-11/h4-6H,2-3H2,1H3,(H,15,16). The molecule has 0 bridgehead atoms. The van der Waals surface area contributed by atoms with Crippen molar-refractivity contribution in [2.24, 2.45) is 0 Å². The van der Waals surface area contributed by atoms with Gasteiger partial charge in [-0.15, -0.1) is 0 Å². The van der Waals surface area contributed by atoms with Crippen molar-refractivity contribution in [2.45, 2.75) is 6.92 Å². The van der Waals surface area contributed by atoms with E-state index >= 15 is 0 Å². The number of rotatable bonds is 3. The molecule has 0 saturated heterocycles. The average molecular weight is 251 g/mol. The van der Waals surface area contributed by atoms with Crippen molar-refractivity contribution in [3.8, 4) is 0 Å². The van der Waals surface area contributed by atoms with Crippen molar-refractivity contribution >= 4 is 28.1 Å². The van der Waals surface area contributed by atoms with Crippen LogP contribution < -0.4 is 5.56 Å². The minimum Gasteiger partial charge on any atom is -0.492 e. The summed E-state index contributed by atoms with van der Waals surface area (Å²) in [5.41, 5.74) is 0.244. The topological polar surface area (TPSA) is 55.0 Å². The molecule has 0 spiro atoms. The monoisotopic (exact) mass is 250 g/mol. The second-order valence-electron chi connectivity index (χ2n) is 3.45. The molecule has 0 radical (unpaired) electrons. The molecule has 4 nitrogen and oxygen atoms in total. The van der Waals surface area contributed by atoms with E-state index in [-0.39, 0.29) is 5.56 Å². The average Bonchev–Trinajstić information content (AvgIpc) is 2.30. The molecule has 88 valence electrons. The predicted octanol–water partition coefficient (Wildman–Crippen LogP) is 2.58. The second kappa shape index (κ2) is 4.59. The van der Waals surface area contributed by atoms with Gasteiger partial charge < -0.3 is 4.74 Å². The lowest BCUT2D eigenvalue weighted by Crippen LogP contribution is -2.11. The SMILES string of the molecule is C=C(OCC)c1n[nH]c(=O)c2cc(Cl)ccc12. The van der Waals surface area contributed by atoms with Crippen molar-refractivity contribution in [3.05, 3.63) is 45.8 Å². The van der Waals surface area contributed by atoms with Crippen LogP contribution in [0.3, 0.4) is 0 Å². The maximum absolute atomic E-state index is 11.6. The molecular formula is C12H11ClN2O2. The van der Waals surface area contributed by atoms with Gasteiger partial charge in [-0.25, -0.2) is 5.10 Å². The van der Waals surface area contributed by atoms with Crippen LogP contribution in [-0.4, -0.2) is 16.8 Å². The first-order valence-corrected chi connectivity index (χ1v) is 5.51. The lowest BCUT2D eigenvalue weighted by molar-refractivity contribution is 0.298. The van der Waals surface area contributed by atoms with Crippen molar-refractivity contribution < 1.29 is 4.74 Å². The zero-order valence-corrected chi connectivity index (χ0v) is 10.0. The molecule has 0 aliphatic rings. The van der Waals surface area contributed by atoms with Gasteiger partial charge in [-0.05, 0) is 19.1 Å². The minimum atomic E-state index is -0.282. The van der Waals surface area contributed by atoms with E-state index in [0.29, 0.717) is 33.9 Å². The molecule has 17 heavy (non-hydrogen) atoms. The van der Waals surface area contributed by atoms with E-state index < -0.39 is 0 Å². The molecular weight excluding hydrogens is 240 g/mol. The largest absolute Gasteiger partial charge is 0.492 e. The number of aromatic nitrogens is 2. The fourth-order valence-corrected chi connectivity index (χ4v) is 1.77. The van der Waals surface area contributed by atoms with Crippen molar-refractivity contribution in [2.75, 3.05) is 6.61 Å². The van der Waals surface area contributed by atoms with Gasteiger partial charge in [0, 0.05) is 10.4 Å². The molecule has 2 aromatic rings. The summed E-state index contributed by atoms with van der Waals surface area (Å²) < 4.78 is 5.29. The first-order valence-electron chi connectivity index (χ1n) is 5.13. The molecule has 5 heteroatoms. The molecule has 0 amide bonds. The van der Waals surface area contributed by atoms with Gasteiger partial charge in [-0.1, -0.05) is 24.2 Å². The Morgan fingerprint density at radius 1 is 1.53 bits per heavy atom. The highest BCUT2D eigenvalue weighted by Gasteiger charge is 2.10. The molecule has 1 aromatic carbocycles. The normalized spacial score (nSPS) is 10.5. The van der Waals surface area contributed by atoms with Crippen LogP contribution in [0.4, 0.5) is 0 Å². The van der Waals surface area contributed by atoms with Gasteiger partial charge in [0.1, 0.15) is 11.5 Å². The Morgan fingerprint density at radius 2 is 2.29 bits per heavy atom. The van der Waals surface area contributed by atoms with Crippen LogP contribution in [0.1, 0.15) is 12.6 Å². The number of nitrogens with one attached hydrogen (secondary N) is 1. The summed E-state index contributed by atoms with van der Waals surface area (Å²) in [6, 6.07) is 5.04. The fraction of sp³-hybridized carbons (Fsp3) is 0.167. The third kappa shape index (κ3) is 2.17. The van der Waals surface area contributed by atoms with Crippen LogP contribution in [0, 0.1) is 0 Å². The number of aromatic amines is 1. The van der Waals surface area contributed by atoms with E-state index in [2.05, 4.69) is 16.8 Å². The number of H-pyrrole nitrogens is 1. The Labute approximate surface area is 103 Å². The van der Waals surface area contributed by atoms with E-state index in [1.807, 2.05) is 6.92 Å². The third-order valence-electron chi connectivity index (χ3n) is 2.33. The van der Waals surface area contributed by atoms with Crippen LogP contribution in [0.25, 0.3) is 16.5 Å². The van der Waals surface area contributed by atoms with E-state index in [0.717, 1.165) is 0 Å². The Balaban J connectivity index is 2.70. The van der Waals surface area contributed by atoms with E-state index in [9.17, 15) is 4.79 Å². The van der Waals surface area contributed by atoms with Crippen LogP contribution in [0.2, 0.25) is 5.02 Å². The highest BCUT2D eigenvalue weighted by molar-refractivity contribution is 6.31. The smallest absolute Gasteiger partial charge is 0.272 e. The summed E-state index contributed by atoms with van der Waals surface area (Å²) in [6.07, 6.45) is 0. The summed E-state index contributed by atoms with van der Waals surface area (Å²) in [7, 11) is 0. The van der Waals surface area contributed by atoms with Crippen LogP contribution in [0.15, 0.2) is 29.6 Å². The Bertz CT molecular complexity index is 634. The molecule has 0 aliphatic carbocycles. The fourth-order valence-electron chi connectivity index (χ4n) is 1.59. The van der Waals surface area contributed by atoms with Gasteiger partial charge in [0.25, 0.3) is 5.56 Å². The Morgan fingerprint density at radius 3 is 3.00 bits per heavy atom. The quantitative estimate of drug-likeness (QED) is 0.852. The highest BCUT2D eigenvalue weighted by Crippen LogP contribution is 2.22. The van der Waals surface area contributed by atoms with Gasteiger partial charge in [-0.2, -0.15) is 5.10 Å². The molecule has 0 atom stereocenters. The molecule has 0 fully saturated rings. The maximum atomic E-state index is 11.6. The molecule has 1 heterocycles. The molecule has 2 rings (SSSR count). The maximum Gasteiger partial charge on any atom is 0.272 e. The molecule has 0 unspecified atom stereocenters. The van der Waals surface area contributed by atoms with Crippen LogP contribution in [-0.2, 0) is 4.74 Å². The summed E-state index contributed by atoms with van der Waals surface area (Å²) >= 11 is 5.86. The third-order valence-corrected chi connectivity index (χ3v) is 2.57. The first-order chi connectivity index (χ1) is 8.13. The number of fused-ring (bicyclic) bond motifs is 1. The summed E-state index contributed by atoms with van der Waals surface area (Å²) in [6.45, 7) is 6.13. The van der Waals surface area contributed by atoms with Gasteiger partial charge >= 0.3 is 0 Å². The number of nitrogens with zero attached hydrogens (tertiary/aromatic N) is 1. The molecule has 1 N–H and O–H groups in total. The lowest BCUT2D eigenvalue weighted by Gasteiger charge is -2.08. The van der Waals surface area contributed by atoms with Crippen LogP contribution >= 0.6 is 11.6 Å². The van der Waals surface area contributed by atoms with Gasteiger partial charge in [0.05, 0.1) is 12.0 Å². The number of hydrogen-bond acceptors (Lipinski definition) is 3. The van der Waals surface area contributed by atoms with Crippen LogP contribution in [0.5, 0.6) is 0 Å². The van der Waals surface area contributed by atoms with Gasteiger partial charge in [0.2, 0.25) is 0 Å². The van der Waals surface area contributed by atoms with E-state index in [1.54, 1.807) is 18.2 Å². The van der Waals surface area contributed by atoms with Crippen molar-refractivity contribution in [1.29, 1.82) is 0 Å². The number of benzene rings is 1. The van der Waals surface area contributed by atoms with Gasteiger partial charge in [-0.3, -0.25) is 4.79 Å². The summed E-state index contributed by atoms with van der Waals surface area (Å²) in [5, 5.41) is 8.01. The highest BCUT2D eigenvalue weighted by atomic mass is 35.5. The lowest BCUT2D eigenvalue weighted by atomic mass is 10.1. The van der Waals surface area contributed by atoms with E-state index in [1.165, 1.54) is 0 Å². The Hall–Kier alpha value is -1.81. The zero-order chi connectivity index (χ0) is 12.4. The van der Waals surface area contributed by atoms with Crippen molar-refractivity contribution in [3.63, 3.8) is 0 Å². The molecule has 1 aromatic heterocycles. The van der Waals surface area contributed by atoms with Gasteiger partial charge in [0.15, 0.2) is 0 Å². The number of hydrogen-bond donors (Lipinski definition) is 1. The molecule has 0 saturated carbocycles. The molecule has 0 aliphatic heterocycles. The minimum absolute atomic E-state index is 0.282. The first kappa shape index (κ1) is 11.7. The summed E-state index contributed by atoms with van der Waals surface area (Å²) in [5.74, 6) is 0.427. The van der Waals surface area contributed by atoms with Crippen molar-refractivity contribution in [1.82, 2.24) is 10.2 Å². The predicted molar refractivity (Wildman–Crippen MR) is 68.0 cm³/mol. The number of ether oxygens (including phenoxy) is 1. The van der Waals surface area contributed by atoms with E-state index in [4.69, 9.17) is 16.3 Å².